The van der Waals surface area contributed by atoms with E-state index in [0.29, 0.717) is 5.78 Å². The van der Waals surface area contributed by atoms with Crippen molar-refractivity contribution in [2.45, 2.75) is 13.5 Å². The van der Waals surface area contributed by atoms with E-state index in [-0.39, 0.29) is 0 Å². The molecule has 4 rings (SSSR count). The molecule has 0 N–H and O–H groups in total. The fraction of sp³-hybridized carbons (Fsp3) is 0.182. The van der Waals surface area contributed by atoms with E-state index in [1.807, 2.05) is 18.2 Å². The molecule has 0 fully saturated rings. The molecule has 0 aliphatic rings. The van der Waals surface area contributed by atoms with Crippen molar-refractivity contribution in [1.82, 2.24) is 34.8 Å². The maximum atomic E-state index is 4.47. The molecule has 0 aliphatic carbocycles. The summed E-state index contributed by atoms with van der Waals surface area (Å²) in [7, 11) is 0. The van der Waals surface area contributed by atoms with Gasteiger partial charge in [-0.05, 0) is 23.4 Å². The van der Waals surface area contributed by atoms with E-state index in [2.05, 4.69) is 43.2 Å². The third-order valence-corrected chi connectivity index (χ3v) is 3.07. The Morgan fingerprint density at radius 3 is 3.00 bits per heavy atom. The monoisotopic (exact) mass is 239 g/mol. The first-order valence-corrected chi connectivity index (χ1v) is 5.72. The molecule has 0 saturated heterocycles. The van der Waals surface area contributed by atoms with Crippen molar-refractivity contribution in [2.24, 2.45) is 0 Å². The Morgan fingerprint density at radius 1 is 1.22 bits per heavy atom. The summed E-state index contributed by atoms with van der Waals surface area (Å²) in [6, 6.07) is 8.11. The molecular weight excluding hydrogens is 230 g/mol. The molecule has 0 spiro atoms. The van der Waals surface area contributed by atoms with Crippen LogP contribution in [0.5, 0.6) is 0 Å². The predicted octanol–water partition coefficient (Wildman–Crippen LogP) is 1.04. The highest BCUT2D eigenvalue weighted by atomic mass is 15.6. The number of hydrogen-bond donors (Lipinski definition) is 0. The van der Waals surface area contributed by atoms with Crippen molar-refractivity contribution < 1.29 is 0 Å². The van der Waals surface area contributed by atoms with Crippen LogP contribution < -0.4 is 0 Å². The van der Waals surface area contributed by atoms with Crippen molar-refractivity contribution >= 4 is 27.8 Å². The second-order valence-corrected chi connectivity index (χ2v) is 4.01. The molecule has 1 aromatic carbocycles. The summed E-state index contributed by atoms with van der Waals surface area (Å²) in [5.74, 6) is 0.417. The number of tetrazole rings is 1. The maximum Gasteiger partial charge on any atom is 0.293 e. The first-order valence-electron chi connectivity index (χ1n) is 5.72. The fourth-order valence-electron chi connectivity index (χ4n) is 2.30. The van der Waals surface area contributed by atoms with Crippen LogP contribution in [-0.4, -0.2) is 34.8 Å². The average Bonchev–Trinajstić information content (AvgIpc) is 2.97. The maximum absolute atomic E-state index is 4.47. The molecule has 3 heterocycles. The minimum absolute atomic E-state index is 0.417. The minimum Gasteiger partial charge on any atom is -0.324 e. The molecule has 88 valence electrons. The number of hydrogen-bond acceptors (Lipinski definition) is 5. The van der Waals surface area contributed by atoms with Crippen LogP contribution in [0.25, 0.3) is 27.8 Å². The highest BCUT2D eigenvalue weighted by Crippen LogP contribution is 2.25. The molecule has 0 aliphatic heterocycles. The van der Waals surface area contributed by atoms with Gasteiger partial charge in [-0.1, -0.05) is 27.9 Å². The fourth-order valence-corrected chi connectivity index (χ4v) is 2.30. The molecule has 3 aromatic heterocycles. The molecule has 0 bridgehead atoms. The molecule has 0 amide bonds. The highest BCUT2D eigenvalue weighted by molar-refractivity contribution is 6.04. The number of fused-ring (bicyclic) bond motifs is 4. The van der Waals surface area contributed by atoms with Crippen LogP contribution in [0, 0.1) is 0 Å². The van der Waals surface area contributed by atoms with Crippen LogP contribution in [0.15, 0.2) is 24.3 Å². The summed E-state index contributed by atoms with van der Waals surface area (Å²) < 4.78 is 3.47. The van der Waals surface area contributed by atoms with E-state index in [9.17, 15) is 0 Å². The van der Waals surface area contributed by atoms with Crippen molar-refractivity contribution in [2.75, 3.05) is 0 Å². The van der Waals surface area contributed by atoms with Crippen LogP contribution in [-0.2, 0) is 6.54 Å². The molecule has 7 heteroatoms. The molecule has 7 nitrogen and oxygen atoms in total. The normalized spacial score (nSPS) is 11.8. The van der Waals surface area contributed by atoms with Gasteiger partial charge in [0.15, 0.2) is 5.65 Å². The summed E-state index contributed by atoms with van der Waals surface area (Å²) >= 11 is 0. The Labute approximate surface area is 101 Å². The number of para-hydroxylation sites is 1. The molecule has 18 heavy (non-hydrogen) atoms. The largest absolute Gasteiger partial charge is 0.324 e. The van der Waals surface area contributed by atoms with E-state index in [1.54, 1.807) is 0 Å². The van der Waals surface area contributed by atoms with Gasteiger partial charge in [0.25, 0.3) is 5.78 Å². The van der Waals surface area contributed by atoms with Crippen molar-refractivity contribution in [3.8, 4) is 0 Å². The molecule has 0 saturated carbocycles. The summed E-state index contributed by atoms with van der Waals surface area (Å²) in [5.41, 5.74) is 2.77. The summed E-state index contributed by atoms with van der Waals surface area (Å²) in [6.07, 6.45) is 0. The number of aryl methyl sites for hydroxylation is 1. The Hall–Kier alpha value is -2.57. The molecular formula is C11H9N7. The van der Waals surface area contributed by atoms with Crippen molar-refractivity contribution in [3.05, 3.63) is 24.3 Å². The van der Waals surface area contributed by atoms with Crippen molar-refractivity contribution in [3.63, 3.8) is 0 Å². The molecule has 4 aromatic rings. The Kier molecular flexibility index (Phi) is 1.69. The minimum atomic E-state index is 0.417. The zero-order valence-corrected chi connectivity index (χ0v) is 9.65. The van der Waals surface area contributed by atoms with Crippen LogP contribution >= 0.6 is 0 Å². The molecule has 0 radical (unpaired) electrons. The summed E-state index contributed by atoms with van der Waals surface area (Å²) in [5, 5.41) is 16.7. The third-order valence-electron chi connectivity index (χ3n) is 3.07. The van der Waals surface area contributed by atoms with Gasteiger partial charge in [0.1, 0.15) is 5.52 Å². The van der Waals surface area contributed by atoms with E-state index in [1.165, 1.54) is 4.63 Å². The quantitative estimate of drug-likeness (QED) is 0.496. The van der Waals surface area contributed by atoms with Crippen molar-refractivity contribution in [1.29, 1.82) is 0 Å². The van der Waals surface area contributed by atoms with Crippen LogP contribution in [0.1, 0.15) is 6.92 Å². The second kappa shape index (κ2) is 3.22. The number of benzene rings is 1. The topological polar surface area (TPSA) is 73.8 Å². The van der Waals surface area contributed by atoms with Gasteiger partial charge in [0.2, 0.25) is 0 Å². The lowest BCUT2D eigenvalue weighted by Gasteiger charge is -2.00. The smallest absolute Gasteiger partial charge is 0.293 e. The highest BCUT2D eigenvalue weighted by Gasteiger charge is 2.14. The van der Waals surface area contributed by atoms with E-state index in [0.717, 1.165) is 28.6 Å². The van der Waals surface area contributed by atoms with Crippen LogP contribution in [0.4, 0.5) is 0 Å². The van der Waals surface area contributed by atoms with Gasteiger partial charge in [-0.25, -0.2) is 0 Å². The van der Waals surface area contributed by atoms with E-state index >= 15 is 0 Å². The first-order chi connectivity index (χ1) is 8.88. The second-order valence-electron chi connectivity index (χ2n) is 4.01. The summed E-state index contributed by atoms with van der Waals surface area (Å²) in [6.45, 7) is 2.91. The lowest BCUT2D eigenvalue weighted by atomic mass is 10.2. The first kappa shape index (κ1) is 9.46. The zero-order valence-electron chi connectivity index (χ0n) is 9.65. The lowest BCUT2D eigenvalue weighted by molar-refractivity contribution is 0.736. The standard InChI is InChI=1S/C11H9N7/c1-2-17-8-6-4-3-5-7(8)9-10(17)12-11-13-15-16-18(11)14-9/h3-6H,2H2,1H3. The number of nitrogens with zero attached hydrogens (tertiary/aromatic N) is 7. The lowest BCUT2D eigenvalue weighted by Crippen LogP contribution is -2.00. The Balaban J connectivity index is 2.32. The van der Waals surface area contributed by atoms with Crippen LogP contribution in [0.2, 0.25) is 0 Å². The molecule has 0 atom stereocenters. The Bertz CT molecular complexity index is 873. The van der Waals surface area contributed by atoms with Gasteiger partial charge in [0.05, 0.1) is 5.52 Å². The van der Waals surface area contributed by atoms with Gasteiger partial charge in [-0.3, -0.25) is 0 Å². The predicted molar refractivity (Wildman–Crippen MR) is 65.0 cm³/mol. The average molecular weight is 239 g/mol. The number of rotatable bonds is 1. The Morgan fingerprint density at radius 2 is 2.11 bits per heavy atom. The van der Waals surface area contributed by atoms with Gasteiger partial charge in [0, 0.05) is 11.9 Å². The van der Waals surface area contributed by atoms with E-state index < -0.39 is 0 Å². The zero-order chi connectivity index (χ0) is 12.1. The van der Waals surface area contributed by atoms with Gasteiger partial charge >= 0.3 is 0 Å². The van der Waals surface area contributed by atoms with Gasteiger partial charge in [-0.15, -0.1) is 5.10 Å². The van der Waals surface area contributed by atoms with E-state index in [4.69, 9.17) is 0 Å². The van der Waals surface area contributed by atoms with Gasteiger partial charge < -0.3 is 4.57 Å². The summed E-state index contributed by atoms with van der Waals surface area (Å²) in [4.78, 5) is 4.47. The van der Waals surface area contributed by atoms with Crippen LogP contribution in [0.3, 0.4) is 0 Å². The molecule has 0 unspecified atom stereocenters. The SMILES string of the molecule is CCn1c2ccccc2c2nn3nnnc3nc21. The van der Waals surface area contributed by atoms with Gasteiger partial charge in [-0.2, -0.15) is 4.98 Å². The third kappa shape index (κ3) is 1.05. The number of aromatic nitrogens is 7.